The number of nitrogens with zero attached hydrogens (tertiary/aromatic N) is 1. The molecule has 0 amide bonds. The van der Waals surface area contributed by atoms with Crippen LogP contribution in [0.15, 0.2) is 30.5 Å². The molecule has 1 atom stereocenters. The molecule has 0 spiro atoms. The van der Waals surface area contributed by atoms with Crippen molar-refractivity contribution in [1.82, 2.24) is 10.3 Å². The minimum absolute atomic E-state index is 0.282. The van der Waals surface area contributed by atoms with E-state index in [9.17, 15) is 5.11 Å². The summed E-state index contributed by atoms with van der Waals surface area (Å²) in [6.45, 7) is 2.11. The molecular formula is C12H14N2OS. The quantitative estimate of drug-likeness (QED) is 0.858. The van der Waals surface area contributed by atoms with E-state index < -0.39 is 0 Å². The maximum Gasteiger partial charge on any atom is 0.123 e. The number of thiazole rings is 1. The van der Waals surface area contributed by atoms with Crippen LogP contribution < -0.4 is 5.32 Å². The van der Waals surface area contributed by atoms with Crippen molar-refractivity contribution in [2.24, 2.45) is 0 Å². The molecule has 2 N–H and O–H groups in total. The van der Waals surface area contributed by atoms with Gasteiger partial charge < -0.3 is 10.4 Å². The number of aromatic hydroxyl groups is 1. The van der Waals surface area contributed by atoms with Crippen LogP contribution in [0.1, 0.15) is 17.8 Å². The third-order valence-corrected chi connectivity index (χ3v) is 3.73. The molecule has 0 bridgehead atoms. The average Bonchev–Trinajstić information content (AvgIpc) is 2.78. The molecule has 16 heavy (non-hydrogen) atoms. The molecule has 4 heteroatoms. The monoisotopic (exact) mass is 234 g/mol. The molecule has 0 radical (unpaired) electrons. The van der Waals surface area contributed by atoms with Gasteiger partial charge in [-0.05, 0) is 38.2 Å². The number of phenolic OH excluding ortho intramolecular Hbond substituents is 1. The second-order valence-corrected chi connectivity index (χ2v) is 4.69. The summed E-state index contributed by atoms with van der Waals surface area (Å²) in [7, 11) is 1.94. The summed E-state index contributed by atoms with van der Waals surface area (Å²) >= 11 is 1.67. The number of benzene rings is 1. The Kier molecular flexibility index (Phi) is 3.22. The van der Waals surface area contributed by atoms with Crippen molar-refractivity contribution >= 4 is 11.3 Å². The maximum atomic E-state index is 9.21. The normalized spacial score (nSPS) is 12.6. The first-order chi connectivity index (χ1) is 7.70. The van der Waals surface area contributed by atoms with Gasteiger partial charge in [-0.15, -0.1) is 11.3 Å². The highest BCUT2D eigenvalue weighted by atomic mass is 32.1. The first kappa shape index (κ1) is 11.1. The van der Waals surface area contributed by atoms with Crippen LogP contribution in [-0.4, -0.2) is 17.1 Å². The highest BCUT2D eigenvalue weighted by Crippen LogP contribution is 2.29. The van der Waals surface area contributed by atoms with Gasteiger partial charge >= 0.3 is 0 Å². The third-order valence-electron chi connectivity index (χ3n) is 2.50. The molecule has 1 heterocycles. The van der Waals surface area contributed by atoms with Gasteiger partial charge in [0, 0.05) is 22.7 Å². The smallest absolute Gasteiger partial charge is 0.123 e. The lowest BCUT2D eigenvalue weighted by Crippen LogP contribution is -2.10. The number of nitrogens with one attached hydrogen (secondary N) is 1. The van der Waals surface area contributed by atoms with E-state index in [0.717, 1.165) is 10.6 Å². The molecule has 0 aliphatic heterocycles. The molecule has 2 rings (SSSR count). The van der Waals surface area contributed by atoms with Crippen molar-refractivity contribution in [2.75, 3.05) is 7.05 Å². The van der Waals surface area contributed by atoms with Crippen molar-refractivity contribution in [1.29, 1.82) is 0 Å². The Labute approximate surface area is 98.8 Å². The summed E-state index contributed by atoms with van der Waals surface area (Å²) in [6.07, 6.45) is 1.90. The zero-order chi connectivity index (χ0) is 11.5. The fourth-order valence-corrected chi connectivity index (χ4v) is 2.35. The second kappa shape index (κ2) is 4.63. The molecule has 84 valence electrons. The lowest BCUT2D eigenvalue weighted by molar-refractivity contribution is 0.475. The van der Waals surface area contributed by atoms with E-state index in [1.165, 1.54) is 4.88 Å². The fourth-order valence-electron chi connectivity index (χ4n) is 1.37. The van der Waals surface area contributed by atoms with Crippen LogP contribution in [0, 0.1) is 0 Å². The molecule has 3 nitrogen and oxygen atoms in total. The molecule has 0 aliphatic rings. The SMILES string of the molecule is CNC(C)c1cnc(-c2ccc(O)cc2)s1. The van der Waals surface area contributed by atoms with E-state index in [1.54, 1.807) is 23.5 Å². The Morgan fingerprint density at radius 1 is 1.31 bits per heavy atom. The average molecular weight is 234 g/mol. The molecule has 0 saturated carbocycles. The minimum atomic E-state index is 0.282. The van der Waals surface area contributed by atoms with Crippen molar-refractivity contribution in [3.63, 3.8) is 0 Å². The summed E-state index contributed by atoms with van der Waals surface area (Å²) in [5, 5.41) is 13.4. The molecule has 0 fully saturated rings. The van der Waals surface area contributed by atoms with Gasteiger partial charge in [0.1, 0.15) is 10.8 Å². The van der Waals surface area contributed by atoms with E-state index >= 15 is 0 Å². The van der Waals surface area contributed by atoms with Gasteiger partial charge in [-0.1, -0.05) is 0 Å². The van der Waals surface area contributed by atoms with E-state index in [2.05, 4.69) is 17.2 Å². The van der Waals surface area contributed by atoms with Crippen LogP contribution in [0.5, 0.6) is 5.75 Å². The van der Waals surface area contributed by atoms with Gasteiger partial charge in [-0.3, -0.25) is 0 Å². The Balaban J connectivity index is 2.28. The van der Waals surface area contributed by atoms with Gasteiger partial charge in [0.25, 0.3) is 0 Å². The van der Waals surface area contributed by atoms with Crippen LogP contribution in [-0.2, 0) is 0 Å². The van der Waals surface area contributed by atoms with Crippen molar-refractivity contribution < 1.29 is 5.11 Å². The highest BCUT2D eigenvalue weighted by Gasteiger charge is 2.08. The minimum Gasteiger partial charge on any atom is -0.508 e. The predicted molar refractivity (Wildman–Crippen MR) is 66.7 cm³/mol. The van der Waals surface area contributed by atoms with Crippen LogP contribution >= 0.6 is 11.3 Å². The Bertz CT molecular complexity index is 464. The molecule has 0 aliphatic carbocycles. The number of hydrogen-bond donors (Lipinski definition) is 2. The first-order valence-corrected chi connectivity index (χ1v) is 5.94. The third kappa shape index (κ3) is 2.23. The fraction of sp³-hybridized carbons (Fsp3) is 0.250. The van der Waals surface area contributed by atoms with Gasteiger partial charge in [-0.2, -0.15) is 0 Å². The number of rotatable bonds is 3. The van der Waals surface area contributed by atoms with E-state index in [-0.39, 0.29) is 5.75 Å². The standard InChI is InChI=1S/C12H14N2OS/c1-8(13-2)11-7-14-12(16-11)9-3-5-10(15)6-4-9/h3-8,13,15H,1-2H3. The van der Waals surface area contributed by atoms with Gasteiger partial charge in [-0.25, -0.2) is 4.98 Å². The van der Waals surface area contributed by atoms with Crippen LogP contribution in [0.25, 0.3) is 10.6 Å². The number of aromatic nitrogens is 1. The Hall–Kier alpha value is -1.39. The highest BCUT2D eigenvalue weighted by molar-refractivity contribution is 7.15. The molecule has 2 aromatic rings. The van der Waals surface area contributed by atoms with Gasteiger partial charge in [0.2, 0.25) is 0 Å². The van der Waals surface area contributed by atoms with E-state index in [4.69, 9.17) is 0 Å². The molecule has 1 unspecified atom stereocenters. The summed E-state index contributed by atoms with van der Waals surface area (Å²) in [4.78, 5) is 5.60. The lowest BCUT2D eigenvalue weighted by atomic mass is 10.2. The topological polar surface area (TPSA) is 45.2 Å². The molecule has 1 aromatic heterocycles. The Morgan fingerprint density at radius 3 is 2.62 bits per heavy atom. The molecule has 0 saturated heterocycles. The first-order valence-electron chi connectivity index (χ1n) is 5.13. The number of phenols is 1. The Morgan fingerprint density at radius 2 is 2.00 bits per heavy atom. The summed E-state index contributed by atoms with van der Waals surface area (Å²) < 4.78 is 0. The maximum absolute atomic E-state index is 9.21. The van der Waals surface area contributed by atoms with E-state index in [1.807, 2.05) is 25.4 Å². The van der Waals surface area contributed by atoms with Crippen molar-refractivity contribution in [3.05, 3.63) is 35.3 Å². The lowest BCUT2D eigenvalue weighted by Gasteiger charge is -2.04. The second-order valence-electron chi connectivity index (χ2n) is 3.63. The van der Waals surface area contributed by atoms with E-state index in [0.29, 0.717) is 6.04 Å². The van der Waals surface area contributed by atoms with Gasteiger partial charge in [0.05, 0.1) is 0 Å². The van der Waals surface area contributed by atoms with Crippen LogP contribution in [0.2, 0.25) is 0 Å². The largest absolute Gasteiger partial charge is 0.508 e. The van der Waals surface area contributed by atoms with Gasteiger partial charge in [0.15, 0.2) is 0 Å². The molecular weight excluding hydrogens is 220 g/mol. The molecule has 1 aromatic carbocycles. The van der Waals surface area contributed by atoms with Crippen molar-refractivity contribution in [2.45, 2.75) is 13.0 Å². The van der Waals surface area contributed by atoms with Crippen LogP contribution in [0.4, 0.5) is 0 Å². The zero-order valence-corrected chi connectivity index (χ0v) is 10.1. The zero-order valence-electron chi connectivity index (χ0n) is 9.27. The summed E-state index contributed by atoms with van der Waals surface area (Å²) in [5.41, 5.74) is 1.04. The van der Waals surface area contributed by atoms with Crippen LogP contribution in [0.3, 0.4) is 0 Å². The summed E-state index contributed by atoms with van der Waals surface area (Å²) in [5.74, 6) is 0.282. The van der Waals surface area contributed by atoms with Crippen molar-refractivity contribution in [3.8, 4) is 16.3 Å². The predicted octanol–water partition coefficient (Wildman–Crippen LogP) is 2.80. The number of hydrogen-bond acceptors (Lipinski definition) is 4. The summed E-state index contributed by atoms with van der Waals surface area (Å²) in [6, 6.07) is 7.43.